The summed E-state index contributed by atoms with van der Waals surface area (Å²) in [5, 5.41) is 0.0910. The minimum atomic E-state index is 0.0910. The fourth-order valence-corrected chi connectivity index (χ4v) is 3.78. The second kappa shape index (κ2) is 5.99. The zero-order chi connectivity index (χ0) is 13.1. The van der Waals surface area contributed by atoms with E-state index in [4.69, 9.17) is 7.85 Å². The van der Waals surface area contributed by atoms with Crippen LogP contribution in [0.1, 0.15) is 71.1 Å². The fourth-order valence-electron chi connectivity index (χ4n) is 3.78. The average Bonchev–Trinajstić information content (AvgIpc) is 2.34. The Morgan fingerprint density at radius 3 is 2.06 bits per heavy atom. The van der Waals surface area contributed by atoms with Crippen molar-refractivity contribution in [3.05, 3.63) is 0 Å². The Balaban J connectivity index is 1.98. The summed E-state index contributed by atoms with van der Waals surface area (Å²) in [4.78, 5) is 2.49. The molecule has 2 aliphatic rings. The van der Waals surface area contributed by atoms with Crippen molar-refractivity contribution in [2.24, 2.45) is 5.41 Å². The van der Waals surface area contributed by atoms with Gasteiger partial charge in [-0.05, 0) is 51.2 Å². The molecule has 1 aliphatic carbocycles. The topological polar surface area (TPSA) is 3.24 Å². The van der Waals surface area contributed by atoms with Gasteiger partial charge >= 0.3 is 0 Å². The summed E-state index contributed by atoms with van der Waals surface area (Å²) >= 11 is 0. The molecule has 102 valence electrons. The third-order valence-electron chi connectivity index (χ3n) is 5.48. The first kappa shape index (κ1) is 14.4. The van der Waals surface area contributed by atoms with E-state index in [1.54, 1.807) is 0 Å². The van der Waals surface area contributed by atoms with E-state index < -0.39 is 0 Å². The molecule has 1 saturated carbocycles. The summed E-state index contributed by atoms with van der Waals surface area (Å²) < 4.78 is 0. The molecule has 0 bridgehead atoms. The van der Waals surface area contributed by atoms with Gasteiger partial charge in [-0.1, -0.05) is 50.8 Å². The molecule has 1 unspecified atom stereocenters. The first-order chi connectivity index (χ1) is 8.52. The lowest BCUT2D eigenvalue weighted by atomic mass is 9.60. The lowest BCUT2D eigenvalue weighted by Gasteiger charge is -2.43. The quantitative estimate of drug-likeness (QED) is 0.580. The molecule has 2 fully saturated rings. The molecule has 1 saturated heterocycles. The molecule has 1 aliphatic heterocycles. The molecule has 2 rings (SSSR count). The highest BCUT2D eigenvalue weighted by Crippen LogP contribution is 2.46. The summed E-state index contributed by atoms with van der Waals surface area (Å²) in [5.74, 6) is 0. The van der Waals surface area contributed by atoms with E-state index in [0.29, 0.717) is 5.41 Å². The van der Waals surface area contributed by atoms with Crippen molar-refractivity contribution < 1.29 is 0 Å². The van der Waals surface area contributed by atoms with Crippen LogP contribution in [0, 0.1) is 5.41 Å². The number of hydrogen-bond donors (Lipinski definition) is 0. The molecule has 0 amide bonds. The van der Waals surface area contributed by atoms with E-state index in [9.17, 15) is 0 Å². The predicted octanol–water partition coefficient (Wildman–Crippen LogP) is 4.18. The summed E-state index contributed by atoms with van der Waals surface area (Å²) in [6.45, 7) is 4.86. The Kier molecular flexibility index (Phi) is 4.80. The summed E-state index contributed by atoms with van der Waals surface area (Å²) in [7, 11) is 8.74. The minimum absolute atomic E-state index is 0.0910. The van der Waals surface area contributed by atoms with Crippen LogP contribution < -0.4 is 0 Å². The number of hydrogen-bond acceptors (Lipinski definition) is 1. The molecule has 2 heteroatoms. The zero-order valence-electron chi connectivity index (χ0n) is 12.5. The molecule has 0 aromatic carbocycles. The number of piperidine rings is 1. The number of nitrogens with zero attached hydrogens (tertiary/aromatic N) is 1. The van der Waals surface area contributed by atoms with Crippen LogP contribution in [0.25, 0.3) is 0 Å². The van der Waals surface area contributed by atoms with Crippen LogP contribution in [0.2, 0.25) is 5.31 Å². The molecule has 2 radical (unpaired) electrons. The van der Waals surface area contributed by atoms with Crippen LogP contribution >= 0.6 is 0 Å². The van der Waals surface area contributed by atoms with Crippen molar-refractivity contribution in [3.63, 3.8) is 0 Å². The second-order valence-corrected chi connectivity index (χ2v) is 7.37. The van der Waals surface area contributed by atoms with Crippen LogP contribution in [0.5, 0.6) is 0 Å². The third kappa shape index (κ3) is 4.01. The van der Waals surface area contributed by atoms with Crippen molar-refractivity contribution in [2.75, 3.05) is 20.1 Å². The van der Waals surface area contributed by atoms with Crippen molar-refractivity contribution in [3.8, 4) is 0 Å². The Hall–Kier alpha value is 0.0249. The molecule has 0 aromatic rings. The Labute approximate surface area is 115 Å². The Bertz CT molecular complexity index is 254. The van der Waals surface area contributed by atoms with E-state index in [1.807, 2.05) is 0 Å². The van der Waals surface area contributed by atoms with E-state index in [2.05, 4.69) is 18.9 Å². The smallest absolute Gasteiger partial charge is 0.0742 e. The van der Waals surface area contributed by atoms with Gasteiger partial charge in [0.25, 0.3) is 0 Å². The lowest BCUT2D eigenvalue weighted by molar-refractivity contribution is 0.0909. The van der Waals surface area contributed by atoms with Gasteiger partial charge in [0.1, 0.15) is 0 Å². The van der Waals surface area contributed by atoms with Crippen molar-refractivity contribution >= 4 is 7.85 Å². The van der Waals surface area contributed by atoms with E-state index in [0.717, 1.165) is 0 Å². The van der Waals surface area contributed by atoms with Crippen LogP contribution in [0.3, 0.4) is 0 Å². The number of likely N-dealkylation sites (tertiary alicyclic amines) is 1. The highest BCUT2D eigenvalue weighted by atomic mass is 15.1. The van der Waals surface area contributed by atoms with Crippen molar-refractivity contribution in [1.82, 2.24) is 4.90 Å². The zero-order valence-corrected chi connectivity index (χ0v) is 12.5. The van der Waals surface area contributed by atoms with Crippen LogP contribution in [0.4, 0.5) is 0 Å². The monoisotopic (exact) mass is 247 g/mol. The molecule has 1 atom stereocenters. The molecule has 1 nitrogen and oxygen atoms in total. The number of rotatable bonds is 0. The van der Waals surface area contributed by atoms with Gasteiger partial charge in [0.05, 0.1) is 7.85 Å². The van der Waals surface area contributed by atoms with E-state index in [1.165, 1.54) is 77.3 Å². The lowest BCUT2D eigenvalue weighted by Crippen LogP contribution is -2.38. The maximum absolute atomic E-state index is 6.47. The summed E-state index contributed by atoms with van der Waals surface area (Å²) in [6.07, 6.45) is 13.7. The molecular weight excluding hydrogens is 217 g/mol. The summed E-state index contributed by atoms with van der Waals surface area (Å²) in [6, 6.07) is 0. The van der Waals surface area contributed by atoms with Gasteiger partial charge in [-0.3, -0.25) is 0 Å². The maximum Gasteiger partial charge on any atom is 0.0742 e. The Morgan fingerprint density at radius 2 is 1.39 bits per heavy atom. The molecule has 0 N–H and O–H groups in total. The van der Waals surface area contributed by atoms with E-state index >= 15 is 0 Å². The third-order valence-corrected chi connectivity index (χ3v) is 5.48. The largest absolute Gasteiger partial charge is 0.306 e. The average molecular weight is 247 g/mol. The van der Waals surface area contributed by atoms with Crippen LogP contribution in [0.15, 0.2) is 0 Å². The normalized spacial score (nSPS) is 35.4. The second-order valence-electron chi connectivity index (χ2n) is 7.37. The van der Waals surface area contributed by atoms with Gasteiger partial charge in [-0.15, -0.1) is 0 Å². The maximum atomic E-state index is 6.47. The van der Waals surface area contributed by atoms with Crippen LogP contribution in [-0.2, 0) is 0 Å². The highest BCUT2D eigenvalue weighted by Gasteiger charge is 2.34. The standard InChI is InChI=1S/C16H30BN/c1-15(17)7-5-3-4-6-8-16(10-9-15)11-13-18(2)14-12-16/h3-14H2,1-2H3. The van der Waals surface area contributed by atoms with Gasteiger partial charge in [0.15, 0.2) is 0 Å². The predicted molar refractivity (Wildman–Crippen MR) is 80.2 cm³/mol. The first-order valence-corrected chi connectivity index (χ1v) is 7.99. The van der Waals surface area contributed by atoms with Gasteiger partial charge in [-0.2, -0.15) is 0 Å². The van der Waals surface area contributed by atoms with Gasteiger partial charge in [0.2, 0.25) is 0 Å². The van der Waals surface area contributed by atoms with Gasteiger partial charge < -0.3 is 4.90 Å². The van der Waals surface area contributed by atoms with Crippen molar-refractivity contribution in [1.29, 1.82) is 0 Å². The molecule has 18 heavy (non-hydrogen) atoms. The molecule has 1 spiro atoms. The van der Waals surface area contributed by atoms with Gasteiger partial charge in [0, 0.05) is 0 Å². The van der Waals surface area contributed by atoms with Gasteiger partial charge in [-0.25, -0.2) is 0 Å². The van der Waals surface area contributed by atoms with Crippen LogP contribution in [-0.4, -0.2) is 32.9 Å². The van der Waals surface area contributed by atoms with E-state index in [-0.39, 0.29) is 5.31 Å². The fraction of sp³-hybridized carbons (Fsp3) is 1.00. The highest BCUT2D eigenvalue weighted by molar-refractivity contribution is 6.14. The molecule has 0 aromatic heterocycles. The Morgan fingerprint density at radius 1 is 0.778 bits per heavy atom. The minimum Gasteiger partial charge on any atom is -0.306 e. The summed E-state index contributed by atoms with van der Waals surface area (Å²) in [5.41, 5.74) is 0.629. The molecular formula is C16H30BN. The SMILES string of the molecule is [B]C1(C)CCCCCCC2(CCN(C)CC2)CC1. The molecule has 1 heterocycles. The first-order valence-electron chi connectivity index (χ1n) is 7.99. The van der Waals surface area contributed by atoms with Crippen molar-refractivity contribution in [2.45, 2.75) is 76.4 Å².